The van der Waals surface area contributed by atoms with Crippen molar-refractivity contribution in [3.8, 4) is 0 Å². The van der Waals surface area contributed by atoms with Crippen LogP contribution in [0.5, 0.6) is 0 Å². The minimum Gasteiger partial charge on any atom is -0.396 e. The van der Waals surface area contributed by atoms with E-state index in [0.29, 0.717) is 6.54 Å². The number of aliphatic hydroxyl groups excluding tert-OH is 1. The molecule has 1 atom stereocenters. The van der Waals surface area contributed by atoms with E-state index in [1.165, 1.54) is 0 Å². The number of amides is 1. The second-order valence-electron chi connectivity index (χ2n) is 5.07. The summed E-state index contributed by atoms with van der Waals surface area (Å²) in [5.41, 5.74) is 5.15. The molecule has 0 aromatic carbocycles. The quantitative estimate of drug-likeness (QED) is 0.541. The van der Waals surface area contributed by atoms with E-state index in [1.807, 2.05) is 0 Å². The molecule has 0 aliphatic heterocycles. The maximum atomic E-state index is 11.5. The Bertz CT molecular complexity index is 351. The first-order valence-electron chi connectivity index (χ1n) is 5.39. The summed E-state index contributed by atoms with van der Waals surface area (Å²) in [5.74, 6) is -0.500. The molecule has 0 radical (unpaired) electrons. The van der Waals surface area contributed by atoms with Crippen molar-refractivity contribution < 1.29 is 18.3 Å². The molecule has 0 saturated carbocycles. The monoisotopic (exact) mass is 266 g/mol. The number of rotatable bonds is 7. The molecule has 0 aromatic rings. The summed E-state index contributed by atoms with van der Waals surface area (Å²) >= 11 is 0. The molecule has 17 heavy (non-hydrogen) atoms. The van der Waals surface area contributed by atoms with Gasteiger partial charge in [0.15, 0.2) is 0 Å². The number of nitrogens with two attached hydrogens (primary N) is 1. The summed E-state index contributed by atoms with van der Waals surface area (Å²) in [7, 11) is -3.10. The summed E-state index contributed by atoms with van der Waals surface area (Å²) in [4.78, 5) is 11.5. The molecule has 0 rings (SSSR count). The van der Waals surface area contributed by atoms with Gasteiger partial charge in [0, 0.05) is 24.8 Å². The standard InChI is InChI=1S/C10H22N2O4S/c1-10(2,7-13)6-12-9(14)8(11)4-5-17(3,15)16/h8,13H,4-7,11H2,1-3H3,(H,12,14). The van der Waals surface area contributed by atoms with Gasteiger partial charge in [0.05, 0.1) is 11.8 Å². The number of hydrogen-bond donors (Lipinski definition) is 3. The van der Waals surface area contributed by atoms with Crippen LogP contribution in [0.4, 0.5) is 0 Å². The number of aliphatic hydroxyl groups is 1. The Balaban J connectivity index is 4.07. The fourth-order valence-corrected chi connectivity index (χ4v) is 1.67. The molecule has 1 unspecified atom stereocenters. The lowest BCUT2D eigenvalue weighted by Gasteiger charge is -2.23. The Morgan fingerprint density at radius 2 is 2.00 bits per heavy atom. The van der Waals surface area contributed by atoms with E-state index in [2.05, 4.69) is 5.32 Å². The van der Waals surface area contributed by atoms with Crippen LogP contribution < -0.4 is 11.1 Å². The molecule has 4 N–H and O–H groups in total. The summed E-state index contributed by atoms with van der Waals surface area (Å²) in [6, 6.07) is -0.834. The van der Waals surface area contributed by atoms with Gasteiger partial charge in [0.2, 0.25) is 5.91 Å². The van der Waals surface area contributed by atoms with Crippen molar-refractivity contribution >= 4 is 15.7 Å². The summed E-state index contributed by atoms with van der Waals surface area (Å²) < 4.78 is 21.8. The third kappa shape index (κ3) is 8.12. The fourth-order valence-electron chi connectivity index (χ4n) is 0.986. The van der Waals surface area contributed by atoms with Crippen molar-refractivity contribution in [3.63, 3.8) is 0 Å². The lowest BCUT2D eigenvalue weighted by molar-refractivity contribution is -0.122. The normalized spacial score (nSPS) is 14.4. The minimum atomic E-state index is -3.10. The van der Waals surface area contributed by atoms with Gasteiger partial charge >= 0.3 is 0 Å². The fraction of sp³-hybridized carbons (Fsp3) is 0.900. The SMILES string of the molecule is CC(C)(CO)CNC(=O)C(N)CCS(C)(=O)=O. The first kappa shape index (κ1) is 16.3. The number of sulfone groups is 1. The van der Waals surface area contributed by atoms with Crippen molar-refractivity contribution in [2.24, 2.45) is 11.1 Å². The average Bonchev–Trinajstić information content (AvgIpc) is 2.21. The highest BCUT2D eigenvalue weighted by Gasteiger charge is 2.20. The highest BCUT2D eigenvalue weighted by molar-refractivity contribution is 7.90. The molecule has 7 heteroatoms. The molecule has 0 spiro atoms. The molecular formula is C10H22N2O4S. The molecule has 0 aromatic heterocycles. The predicted octanol–water partition coefficient (Wildman–Crippen LogP) is -1.12. The van der Waals surface area contributed by atoms with Crippen LogP contribution in [0.2, 0.25) is 0 Å². The van der Waals surface area contributed by atoms with Crippen LogP contribution in [0, 0.1) is 5.41 Å². The van der Waals surface area contributed by atoms with Crippen LogP contribution >= 0.6 is 0 Å². The third-order valence-corrected chi connectivity index (χ3v) is 3.28. The molecule has 0 fully saturated rings. The van der Waals surface area contributed by atoms with Crippen molar-refractivity contribution in [1.82, 2.24) is 5.32 Å². The van der Waals surface area contributed by atoms with Crippen LogP contribution in [0.15, 0.2) is 0 Å². The van der Waals surface area contributed by atoms with Crippen LogP contribution in [0.1, 0.15) is 20.3 Å². The summed E-state index contributed by atoms with van der Waals surface area (Å²) in [6.07, 6.45) is 1.21. The molecule has 0 aliphatic carbocycles. The third-order valence-electron chi connectivity index (χ3n) is 2.31. The Hall–Kier alpha value is -0.660. The van der Waals surface area contributed by atoms with Crippen molar-refractivity contribution in [1.29, 1.82) is 0 Å². The first-order valence-corrected chi connectivity index (χ1v) is 7.45. The number of nitrogens with one attached hydrogen (secondary N) is 1. The van der Waals surface area contributed by atoms with Crippen LogP contribution in [0.3, 0.4) is 0 Å². The van der Waals surface area contributed by atoms with Crippen molar-refractivity contribution in [2.45, 2.75) is 26.3 Å². The molecule has 6 nitrogen and oxygen atoms in total. The lowest BCUT2D eigenvalue weighted by atomic mass is 9.95. The zero-order valence-corrected chi connectivity index (χ0v) is 11.4. The van der Waals surface area contributed by atoms with E-state index in [4.69, 9.17) is 10.8 Å². The number of carbonyl (C=O) groups excluding carboxylic acids is 1. The summed E-state index contributed by atoms with van der Waals surface area (Å²) in [6.45, 7) is 3.85. The topological polar surface area (TPSA) is 109 Å². The van der Waals surface area contributed by atoms with E-state index in [1.54, 1.807) is 13.8 Å². The Morgan fingerprint density at radius 1 is 1.47 bits per heavy atom. The number of carbonyl (C=O) groups is 1. The van der Waals surface area contributed by atoms with E-state index in [-0.39, 0.29) is 18.8 Å². The van der Waals surface area contributed by atoms with Gasteiger partial charge in [0.25, 0.3) is 0 Å². The second-order valence-corrected chi connectivity index (χ2v) is 7.32. The Labute approximate surface area is 102 Å². The van der Waals surface area contributed by atoms with Gasteiger partial charge < -0.3 is 16.2 Å². The Morgan fingerprint density at radius 3 is 2.41 bits per heavy atom. The van der Waals surface area contributed by atoms with Crippen LogP contribution in [-0.4, -0.2) is 50.6 Å². The molecule has 0 bridgehead atoms. The smallest absolute Gasteiger partial charge is 0.236 e. The minimum absolute atomic E-state index is 0.0497. The van der Waals surface area contributed by atoms with Crippen LogP contribution in [0.25, 0.3) is 0 Å². The highest BCUT2D eigenvalue weighted by atomic mass is 32.2. The van der Waals surface area contributed by atoms with E-state index in [0.717, 1.165) is 6.26 Å². The average molecular weight is 266 g/mol. The molecular weight excluding hydrogens is 244 g/mol. The van der Waals surface area contributed by atoms with E-state index < -0.39 is 27.2 Å². The largest absolute Gasteiger partial charge is 0.396 e. The van der Waals surface area contributed by atoms with Gasteiger partial charge in [-0.15, -0.1) is 0 Å². The lowest BCUT2D eigenvalue weighted by Crippen LogP contribution is -2.45. The molecule has 0 heterocycles. The Kier molecular flexibility index (Phi) is 6.08. The molecule has 0 aliphatic rings. The zero-order chi connectivity index (χ0) is 13.7. The van der Waals surface area contributed by atoms with Gasteiger partial charge in [-0.25, -0.2) is 8.42 Å². The van der Waals surface area contributed by atoms with E-state index >= 15 is 0 Å². The second kappa shape index (κ2) is 6.32. The summed E-state index contributed by atoms with van der Waals surface area (Å²) in [5, 5.41) is 11.6. The zero-order valence-electron chi connectivity index (χ0n) is 10.6. The maximum absolute atomic E-state index is 11.5. The molecule has 1 amide bonds. The van der Waals surface area contributed by atoms with Gasteiger partial charge in [-0.1, -0.05) is 13.8 Å². The molecule has 102 valence electrons. The van der Waals surface area contributed by atoms with Gasteiger partial charge in [-0.3, -0.25) is 4.79 Å². The van der Waals surface area contributed by atoms with Crippen LogP contribution in [-0.2, 0) is 14.6 Å². The van der Waals surface area contributed by atoms with Crippen molar-refractivity contribution in [2.75, 3.05) is 25.2 Å². The van der Waals surface area contributed by atoms with Gasteiger partial charge in [0.1, 0.15) is 9.84 Å². The van der Waals surface area contributed by atoms with Gasteiger partial charge in [-0.05, 0) is 6.42 Å². The van der Waals surface area contributed by atoms with Crippen molar-refractivity contribution in [3.05, 3.63) is 0 Å². The maximum Gasteiger partial charge on any atom is 0.236 e. The first-order chi connectivity index (χ1) is 7.57. The molecule has 0 saturated heterocycles. The highest BCUT2D eigenvalue weighted by Crippen LogP contribution is 2.11. The van der Waals surface area contributed by atoms with E-state index in [9.17, 15) is 13.2 Å². The number of hydrogen-bond acceptors (Lipinski definition) is 5. The van der Waals surface area contributed by atoms with Gasteiger partial charge in [-0.2, -0.15) is 0 Å². The predicted molar refractivity (Wildman–Crippen MR) is 66.2 cm³/mol.